The number of nitrogens with zero attached hydrogens (tertiary/aromatic N) is 2. The number of likely N-dealkylation sites (tertiary alicyclic amines) is 1. The second-order valence-electron chi connectivity index (χ2n) is 9.28. The molecule has 3 unspecified atom stereocenters. The summed E-state index contributed by atoms with van der Waals surface area (Å²) in [7, 11) is 0. The van der Waals surface area contributed by atoms with E-state index in [2.05, 4.69) is 36.0 Å². The third kappa shape index (κ3) is 3.77. The lowest BCUT2D eigenvalue weighted by Gasteiger charge is -2.57. The summed E-state index contributed by atoms with van der Waals surface area (Å²) in [5.74, 6) is 1.72. The second kappa shape index (κ2) is 8.12. The smallest absolute Gasteiger partial charge is 0.191 e. The molecule has 5 nitrogen and oxygen atoms in total. The molecule has 2 aliphatic carbocycles. The molecule has 2 heterocycles. The maximum atomic E-state index is 6.14. The molecular weight excluding hydrogens is 336 g/mol. The monoisotopic (exact) mass is 374 g/mol. The summed E-state index contributed by atoms with van der Waals surface area (Å²) in [5.41, 5.74) is 1.64. The normalized spacial score (nSPS) is 33.7. The minimum absolute atomic E-state index is 0.377. The molecule has 2 saturated carbocycles. The molecule has 3 atom stereocenters. The van der Waals surface area contributed by atoms with Crippen LogP contribution in [0, 0.1) is 11.3 Å². The highest BCUT2D eigenvalue weighted by atomic mass is 16.5. The Morgan fingerprint density at radius 2 is 1.93 bits per heavy atom. The molecule has 0 aromatic carbocycles. The second-order valence-corrected chi connectivity index (χ2v) is 9.28. The van der Waals surface area contributed by atoms with E-state index in [0.29, 0.717) is 29.5 Å². The van der Waals surface area contributed by atoms with Crippen LogP contribution < -0.4 is 10.6 Å². The average molecular weight is 375 g/mol. The van der Waals surface area contributed by atoms with Crippen LogP contribution in [-0.2, 0) is 4.74 Å². The molecular formula is C22H38N4O. The first-order chi connectivity index (χ1) is 13.1. The Morgan fingerprint density at radius 1 is 1.19 bits per heavy atom. The Bertz CT molecular complexity index is 561. The molecule has 2 saturated heterocycles. The molecule has 27 heavy (non-hydrogen) atoms. The van der Waals surface area contributed by atoms with Crippen molar-refractivity contribution in [2.45, 2.75) is 77.0 Å². The average Bonchev–Trinajstić information content (AvgIpc) is 3.30. The molecule has 0 radical (unpaired) electrons. The van der Waals surface area contributed by atoms with Crippen LogP contribution in [0.15, 0.2) is 17.1 Å². The summed E-state index contributed by atoms with van der Waals surface area (Å²) in [6, 6.07) is 1.08. The number of fused-ring (bicyclic) bond motifs is 2. The first-order valence-corrected chi connectivity index (χ1v) is 11.2. The molecule has 0 amide bonds. The Morgan fingerprint density at radius 3 is 2.59 bits per heavy atom. The van der Waals surface area contributed by atoms with Crippen molar-refractivity contribution in [3.05, 3.63) is 12.2 Å². The SMILES string of the molecule is C=C(C)CN1CCC(NC(=NCC)NC2C3CCOC3C23CCCC3)CC1. The summed E-state index contributed by atoms with van der Waals surface area (Å²) >= 11 is 0. The lowest BCUT2D eigenvalue weighted by Crippen LogP contribution is -2.69. The zero-order valence-electron chi connectivity index (χ0n) is 17.3. The van der Waals surface area contributed by atoms with Crippen LogP contribution in [0.4, 0.5) is 0 Å². The van der Waals surface area contributed by atoms with Gasteiger partial charge in [-0.2, -0.15) is 0 Å². The Balaban J connectivity index is 1.35. The molecule has 4 aliphatic rings. The predicted molar refractivity (Wildman–Crippen MR) is 111 cm³/mol. The van der Waals surface area contributed by atoms with Crippen LogP contribution in [0.1, 0.15) is 58.8 Å². The van der Waals surface area contributed by atoms with Crippen LogP contribution in [0.5, 0.6) is 0 Å². The van der Waals surface area contributed by atoms with Crippen LogP contribution in [-0.4, -0.2) is 61.8 Å². The molecule has 2 aliphatic heterocycles. The van der Waals surface area contributed by atoms with E-state index < -0.39 is 0 Å². The zero-order chi connectivity index (χ0) is 18.9. The van der Waals surface area contributed by atoms with Gasteiger partial charge < -0.3 is 15.4 Å². The van der Waals surface area contributed by atoms with Crippen molar-refractivity contribution in [1.29, 1.82) is 0 Å². The lowest BCUT2D eigenvalue weighted by atomic mass is 9.54. The standard InChI is InChI=1S/C22H38N4O/c1-4-23-21(24-17-7-12-26(13-8-17)15-16(2)3)25-19-18-9-14-27-20(18)22(19)10-5-6-11-22/h17-20H,2,4-15H2,1,3H3,(H2,23,24,25). The minimum Gasteiger partial charge on any atom is -0.377 e. The van der Waals surface area contributed by atoms with Crippen molar-refractivity contribution in [3.8, 4) is 0 Å². The third-order valence-electron chi connectivity index (χ3n) is 7.32. The van der Waals surface area contributed by atoms with E-state index in [1.165, 1.54) is 50.5 Å². The number of ether oxygens (including phenoxy) is 1. The number of hydrogen-bond donors (Lipinski definition) is 2. The molecule has 0 aromatic rings. The highest BCUT2D eigenvalue weighted by molar-refractivity contribution is 5.80. The molecule has 2 N–H and O–H groups in total. The Labute approximate surface area is 165 Å². The topological polar surface area (TPSA) is 48.9 Å². The van der Waals surface area contributed by atoms with E-state index in [1.807, 2.05) is 0 Å². The quantitative estimate of drug-likeness (QED) is 0.441. The van der Waals surface area contributed by atoms with E-state index in [-0.39, 0.29) is 0 Å². The van der Waals surface area contributed by atoms with E-state index in [1.54, 1.807) is 0 Å². The van der Waals surface area contributed by atoms with Gasteiger partial charge in [-0.25, -0.2) is 0 Å². The molecule has 4 fully saturated rings. The Kier molecular flexibility index (Phi) is 5.79. The van der Waals surface area contributed by atoms with E-state index in [9.17, 15) is 0 Å². The fourth-order valence-corrected chi connectivity index (χ4v) is 6.15. The van der Waals surface area contributed by atoms with Crippen molar-refractivity contribution in [2.75, 3.05) is 32.8 Å². The summed E-state index contributed by atoms with van der Waals surface area (Å²) in [4.78, 5) is 7.32. The fourth-order valence-electron chi connectivity index (χ4n) is 6.15. The van der Waals surface area contributed by atoms with Gasteiger partial charge in [0.1, 0.15) is 0 Å². The van der Waals surface area contributed by atoms with Gasteiger partial charge in [-0.1, -0.05) is 25.0 Å². The van der Waals surface area contributed by atoms with E-state index >= 15 is 0 Å². The molecule has 4 rings (SSSR count). The van der Waals surface area contributed by atoms with Crippen LogP contribution in [0.3, 0.4) is 0 Å². The summed E-state index contributed by atoms with van der Waals surface area (Å²) in [6.07, 6.45) is 9.45. The zero-order valence-corrected chi connectivity index (χ0v) is 17.3. The van der Waals surface area contributed by atoms with Crippen molar-refractivity contribution in [3.63, 3.8) is 0 Å². The van der Waals surface area contributed by atoms with Crippen molar-refractivity contribution < 1.29 is 4.74 Å². The van der Waals surface area contributed by atoms with Gasteiger partial charge in [0.15, 0.2) is 5.96 Å². The van der Waals surface area contributed by atoms with Crippen LogP contribution in [0.25, 0.3) is 0 Å². The van der Waals surface area contributed by atoms with Crippen molar-refractivity contribution >= 4 is 5.96 Å². The van der Waals surface area contributed by atoms with Crippen LogP contribution in [0.2, 0.25) is 0 Å². The fraction of sp³-hybridized carbons (Fsp3) is 0.864. The van der Waals surface area contributed by atoms with Gasteiger partial charge in [0.2, 0.25) is 0 Å². The number of rotatable bonds is 5. The van der Waals surface area contributed by atoms with Gasteiger partial charge in [-0.05, 0) is 46.0 Å². The highest BCUT2D eigenvalue weighted by Gasteiger charge is 2.65. The van der Waals surface area contributed by atoms with Gasteiger partial charge in [0, 0.05) is 56.2 Å². The maximum absolute atomic E-state index is 6.14. The van der Waals surface area contributed by atoms with Crippen molar-refractivity contribution in [1.82, 2.24) is 15.5 Å². The number of piperidine rings is 1. The van der Waals surface area contributed by atoms with Crippen LogP contribution >= 0.6 is 0 Å². The van der Waals surface area contributed by atoms with Gasteiger partial charge in [-0.3, -0.25) is 9.89 Å². The number of guanidine groups is 1. The molecule has 152 valence electrons. The van der Waals surface area contributed by atoms with Gasteiger partial charge in [0.05, 0.1) is 6.10 Å². The minimum atomic E-state index is 0.377. The Hall–Kier alpha value is -1.07. The van der Waals surface area contributed by atoms with E-state index in [4.69, 9.17) is 9.73 Å². The number of aliphatic imine (C=N–C) groups is 1. The number of nitrogens with one attached hydrogen (secondary N) is 2. The van der Waals surface area contributed by atoms with Gasteiger partial charge >= 0.3 is 0 Å². The molecule has 5 heteroatoms. The molecule has 0 bridgehead atoms. The predicted octanol–water partition coefficient (Wildman–Crippen LogP) is 2.93. The van der Waals surface area contributed by atoms with Gasteiger partial charge in [0.25, 0.3) is 0 Å². The largest absolute Gasteiger partial charge is 0.377 e. The first kappa shape index (κ1) is 19.3. The molecule has 1 spiro atoms. The van der Waals surface area contributed by atoms with Gasteiger partial charge in [-0.15, -0.1) is 0 Å². The molecule has 0 aromatic heterocycles. The maximum Gasteiger partial charge on any atom is 0.191 e. The third-order valence-corrected chi connectivity index (χ3v) is 7.32. The number of hydrogen-bond acceptors (Lipinski definition) is 3. The summed E-state index contributed by atoms with van der Waals surface area (Å²) in [6.45, 7) is 13.4. The lowest BCUT2D eigenvalue weighted by molar-refractivity contribution is -0.125. The summed E-state index contributed by atoms with van der Waals surface area (Å²) in [5, 5.41) is 7.65. The van der Waals surface area contributed by atoms with Crippen molar-refractivity contribution in [2.24, 2.45) is 16.3 Å². The highest BCUT2D eigenvalue weighted by Crippen LogP contribution is 2.60. The van der Waals surface area contributed by atoms with E-state index in [0.717, 1.165) is 38.7 Å². The summed E-state index contributed by atoms with van der Waals surface area (Å²) < 4.78 is 6.14. The first-order valence-electron chi connectivity index (χ1n) is 11.2.